The maximum Gasteiger partial charge on any atom is 0.326 e. The molecule has 8 heteroatoms. The van der Waals surface area contributed by atoms with Gasteiger partial charge in [0.05, 0.1) is 34.9 Å². The van der Waals surface area contributed by atoms with Crippen molar-refractivity contribution in [1.82, 2.24) is 4.57 Å². The van der Waals surface area contributed by atoms with Crippen molar-refractivity contribution in [2.24, 2.45) is 4.99 Å². The summed E-state index contributed by atoms with van der Waals surface area (Å²) < 4.78 is 13.0. The summed E-state index contributed by atoms with van der Waals surface area (Å²) in [5.41, 5.74) is 0.661. The lowest BCUT2D eigenvalue weighted by Gasteiger charge is -2.06. The summed E-state index contributed by atoms with van der Waals surface area (Å²) in [6.07, 6.45) is 0.121. The molecule has 0 aliphatic rings. The maximum absolute atomic E-state index is 12.3. The number of rotatable bonds is 7. The van der Waals surface area contributed by atoms with Gasteiger partial charge in [-0.3, -0.25) is 9.59 Å². The van der Waals surface area contributed by atoms with Crippen LogP contribution in [0.4, 0.5) is 0 Å². The molecule has 0 aliphatic heterocycles. The molecule has 1 aromatic heterocycles. The third-order valence-electron chi connectivity index (χ3n) is 3.79. The van der Waals surface area contributed by atoms with Crippen molar-refractivity contribution in [2.75, 3.05) is 13.2 Å². The first-order chi connectivity index (χ1) is 13.6. The number of nitrogens with zero attached hydrogens (tertiary/aromatic N) is 2. The molecule has 3 rings (SSSR count). The molecular weight excluding hydrogens is 400 g/mol. The van der Waals surface area contributed by atoms with Crippen molar-refractivity contribution in [1.29, 1.82) is 0 Å². The largest absolute Gasteiger partial charge is 0.493 e. The minimum absolute atomic E-state index is 0.0653. The molecule has 0 aliphatic carbocycles. The Morgan fingerprint density at radius 2 is 1.93 bits per heavy atom. The number of benzene rings is 2. The Bertz CT molecular complexity index is 1040. The molecule has 0 spiro atoms. The van der Waals surface area contributed by atoms with E-state index in [2.05, 4.69) is 4.99 Å². The Labute approximate surface area is 171 Å². The predicted octanol–water partition coefficient (Wildman–Crippen LogP) is 3.82. The fraction of sp³-hybridized carbons (Fsp3) is 0.250. The summed E-state index contributed by atoms with van der Waals surface area (Å²) in [6.45, 7) is 2.17. The number of esters is 1. The summed E-state index contributed by atoms with van der Waals surface area (Å²) in [5.74, 6) is -0.0547. The number of fused-ring (bicyclic) bond motifs is 1. The maximum atomic E-state index is 12.3. The third kappa shape index (κ3) is 4.99. The SMILES string of the molecule is CCOC(=O)Cn1c(=NC(=O)CCOc2ccccc2)sc2cccc(Cl)c21. The number of para-hydroxylation sites is 2. The average Bonchev–Trinajstić information content (AvgIpc) is 3.01. The minimum atomic E-state index is -0.413. The van der Waals surface area contributed by atoms with Gasteiger partial charge in [-0.25, -0.2) is 0 Å². The van der Waals surface area contributed by atoms with Gasteiger partial charge in [-0.1, -0.05) is 47.2 Å². The molecule has 0 unspecified atom stereocenters. The van der Waals surface area contributed by atoms with E-state index in [4.69, 9.17) is 21.1 Å². The summed E-state index contributed by atoms with van der Waals surface area (Å²) >= 11 is 7.61. The smallest absolute Gasteiger partial charge is 0.326 e. The van der Waals surface area contributed by atoms with E-state index < -0.39 is 5.97 Å². The molecule has 0 radical (unpaired) electrons. The van der Waals surface area contributed by atoms with E-state index >= 15 is 0 Å². The molecule has 6 nitrogen and oxygen atoms in total. The van der Waals surface area contributed by atoms with Crippen LogP contribution in [0, 0.1) is 0 Å². The molecular formula is C20H19ClN2O4S. The molecule has 2 aromatic carbocycles. The Kier molecular flexibility index (Phi) is 6.84. The highest BCUT2D eigenvalue weighted by molar-refractivity contribution is 7.16. The zero-order chi connectivity index (χ0) is 19.9. The molecule has 0 fully saturated rings. The van der Waals surface area contributed by atoms with Gasteiger partial charge in [0.1, 0.15) is 12.3 Å². The first-order valence-electron chi connectivity index (χ1n) is 8.77. The summed E-state index contributed by atoms with van der Waals surface area (Å²) in [4.78, 5) is 28.9. The normalized spacial score (nSPS) is 11.6. The summed E-state index contributed by atoms with van der Waals surface area (Å²) in [7, 11) is 0. The van der Waals surface area contributed by atoms with E-state index in [1.54, 1.807) is 17.6 Å². The lowest BCUT2D eigenvalue weighted by molar-refractivity contribution is -0.143. The Morgan fingerprint density at radius 3 is 2.68 bits per heavy atom. The Morgan fingerprint density at radius 1 is 1.14 bits per heavy atom. The van der Waals surface area contributed by atoms with Crippen molar-refractivity contribution in [3.05, 3.63) is 58.4 Å². The van der Waals surface area contributed by atoms with Gasteiger partial charge in [0.15, 0.2) is 4.80 Å². The first kappa shape index (κ1) is 20.1. The molecule has 0 bridgehead atoms. The van der Waals surface area contributed by atoms with Gasteiger partial charge in [-0.15, -0.1) is 0 Å². The van der Waals surface area contributed by atoms with Crippen molar-refractivity contribution in [3.8, 4) is 5.75 Å². The van der Waals surface area contributed by atoms with Crippen LogP contribution in [0.25, 0.3) is 10.2 Å². The van der Waals surface area contributed by atoms with Crippen molar-refractivity contribution >= 4 is 45.0 Å². The molecule has 0 saturated carbocycles. The average molecular weight is 419 g/mol. The van der Waals surface area contributed by atoms with E-state index in [0.29, 0.717) is 21.1 Å². The number of hydrogen-bond donors (Lipinski definition) is 0. The first-order valence-corrected chi connectivity index (χ1v) is 9.97. The van der Waals surface area contributed by atoms with Gasteiger partial charge in [-0.05, 0) is 31.2 Å². The number of hydrogen-bond acceptors (Lipinski definition) is 5. The zero-order valence-corrected chi connectivity index (χ0v) is 16.8. The molecule has 28 heavy (non-hydrogen) atoms. The van der Waals surface area contributed by atoms with Gasteiger partial charge < -0.3 is 14.0 Å². The highest BCUT2D eigenvalue weighted by Gasteiger charge is 2.14. The fourth-order valence-electron chi connectivity index (χ4n) is 2.59. The van der Waals surface area contributed by atoms with E-state index in [-0.39, 0.29) is 32.1 Å². The van der Waals surface area contributed by atoms with E-state index in [1.807, 2.05) is 42.5 Å². The highest BCUT2D eigenvalue weighted by Crippen LogP contribution is 2.25. The minimum Gasteiger partial charge on any atom is -0.493 e. The highest BCUT2D eigenvalue weighted by atomic mass is 35.5. The number of thiazole rings is 1. The van der Waals surface area contributed by atoms with Crippen LogP contribution in [0.1, 0.15) is 13.3 Å². The molecule has 1 heterocycles. The van der Waals surface area contributed by atoms with E-state index in [1.165, 1.54) is 11.3 Å². The number of carbonyl (C=O) groups excluding carboxylic acids is 2. The van der Waals surface area contributed by atoms with Crippen molar-refractivity contribution in [3.63, 3.8) is 0 Å². The van der Waals surface area contributed by atoms with Crippen molar-refractivity contribution < 1.29 is 19.1 Å². The van der Waals surface area contributed by atoms with Crippen LogP contribution in [-0.2, 0) is 20.9 Å². The van der Waals surface area contributed by atoms with Gasteiger partial charge in [0, 0.05) is 0 Å². The molecule has 0 atom stereocenters. The van der Waals surface area contributed by atoms with Crippen LogP contribution in [0.15, 0.2) is 53.5 Å². The van der Waals surface area contributed by atoms with E-state index in [9.17, 15) is 9.59 Å². The van der Waals surface area contributed by atoms with Crippen LogP contribution in [0.5, 0.6) is 5.75 Å². The molecule has 0 N–H and O–H groups in total. The van der Waals surface area contributed by atoms with Gasteiger partial charge >= 0.3 is 5.97 Å². The van der Waals surface area contributed by atoms with Gasteiger partial charge in [-0.2, -0.15) is 4.99 Å². The lowest BCUT2D eigenvalue weighted by atomic mass is 10.3. The predicted molar refractivity (Wildman–Crippen MR) is 109 cm³/mol. The monoisotopic (exact) mass is 418 g/mol. The van der Waals surface area contributed by atoms with Crippen LogP contribution >= 0.6 is 22.9 Å². The van der Waals surface area contributed by atoms with Crippen molar-refractivity contribution in [2.45, 2.75) is 19.9 Å². The second-order valence-corrected chi connectivity index (χ2v) is 7.20. The van der Waals surface area contributed by atoms with Crippen LogP contribution < -0.4 is 9.54 Å². The second kappa shape index (κ2) is 9.52. The molecule has 0 saturated heterocycles. The number of aromatic nitrogens is 1. The number of amides is 1. The Hall–Kier alpha value is -2.64. The molecule has 3 aromatic rings. The molecule has 146 valence electrons. The van der Waals surface area contributed by atoms with Crippen LogP contribution in [0.2, 0.25) is 5.02 Å². The quantitative estimate of drug-likeness (QED) is 0.547. The standard InChI is InChI=1S/C20H19ClN2O4S/c1-2-26-18(25)13-23-19-15(21)9-6-10-16(19)28-20(23)22-17(24)11-12-27-14-7-4-3-5-8-14/h3-10H,2,11-13H2,1H3. The fourth-order valence-corrected chi connectivity index (χ4v) is 4.00. The number of halogens is 1. The summed E-state index contributed by atoms with van der Waals surface area (Å²) in [6, 6.07) is 14.7. The third-order valence-corrected chi connectivity index (χ3v) is 5.14. The second-order valence-electron chi connectivity index (χ2n) is 5.78. The number of ether oxygens (including phenoxy) is 2. The number of carbonyl (C=O) groups is 2. The Balaban J connectivity index is 1.82. The van der Waals surface area contributed by atoms with Crippen LogP contribution in [0.3, 0.4) is 0 Å². The topological polar surface area (TPSA) is 69.9 Å². The van der Waals surface area contributed by atoms with Gasteiger partial charge in [0.25, 0.3) is 5.91 Å². The summed E-state index contributed by atoms with van der Waals surface area (Å²) in [5, 5.41) is 0.486. The lowest BCUT2D eigenvalue weighted by Crippen LogP contribution is -2.23. The van der Waals surface area contributed by atoms with Crippen LogP contribution in [-0.4, -0.2) is 29.7 Å². The van der Waals surface area contributed by atoms with E-state index in [0.717, 1.165) is 4.70 Å². The van der Waals surface area contributed by atoms with Gasteiger partial charge in [0.2, 0.25) is 0 Å². The zero-order valence-electron chi connectivity index (χ0n) is 15.3. The molecule has 1 amide bonds.